The topological polar surface area (TPSA) is 33.3 Å². The van der Waals surface area contributed by atoms with E-state index in [9.17, 15) is 0 Å². The van der Waals surface area contributed by atoms with Crippen molar-refractivity contribution < 1.29 is 4.74 Å². The minimum absolute atomic E-state index is 0.782. The van der Waals surface area contributed by atoms with Gasteiger partial charge in [0, 0.05) is 24.7 Å². The zero-order valence-electron chi connectivity index (χ0n) is 11.3. The molecule has 0 spiro atoms. The molecule has 0 aliphatic heterocycles. The van der Waals surface area contributed by atoms with Gasteiger partial charge in [0.15, 0.2) is 0 Å². The van der Waals surface area contributed by atoms with E-state index < -0.39 is 0 Å². The van der Waals surface area contributed by atoms with Gasteiger partial charge in [0.25, 0.3) is 0 Å². The first kappa shape index (κ1) is 15.6. The highest BCUT2D eigenvalue weighted by molar-refractivity contribution is 9.10. The van der Waals surface area contributed by atoms with Gasteiger partial charge in [0.05, 0.1) is 6.61 Å². The number of hydrogen-bond acceptors (Lipinski definition) is 3. The molecule has 0 amide bonds. The fourth-order valence-corrected chi connectivity index (χ4v) is 2.11. The van der Waals surface area contributed by atoms with Crippen molar-refractivity contribution in [3.63, 3.8) is 0 Å². The Morgan fingerprint density at radius 2 is 1.94 bits per heavy atom. The first-order valence-corrected chi connectivity index (χ1v) is 7.19. The van der Waals surface area contributed by atoms with E-state index in [0.29, 0.717) is 0 Å². The molecule has 0 unspecified atom stereocenters. The van der Waals surface area contributed by atoms with Crippen molar-refractivity contribution in [2.24, 2.45) is 0 Å². The van der Waals surface area contributed by atoms with Crippen LogP contribution >= 0.6 is 15.9 Å². The first-order valence-electron chi connectivity index (χ1n) is 6.40. The zero-order valence-corrected chi connectivity index (χ0v) is 12.8. The average Bonchev–Trinajstić information content (AvgIpc) is 2.37. The molecule has 0 radical (unpaired) electrons. The predicted octanol–water partition coefficient (Wildman–Crippen LogP) is 2.47. The van der Waals surface area contributed by atoms with Gasteiger partial charge in [-0.25, -0.2) is 0 Å². The number of benzene rings is 1. The van der Waals surface area contributed by atoms with Gasteiger partial charge in [-0.05, 0) is 43.6 Å². The van der Waals surface area contributed by atoms with Crippen LogP contribution in [0, 0.1) is 6.92 Å². The monoisotopic (exact) mass is 314 g/mol. The number of rotatable bonds is 9. The molecular formula is C14H23BrN2O. The van der Waals surface area contributed by atoms with Gasteiger partial charge in [-0.2, -0.15) is 0 Å². The molecule has 0 saturated heterocycles. The van der Waals surface area contributed by atoms with Gasteiger partial charge in [0.2, 0.25) is 0 Å². The summed E-state index contributed by atoms with van der Waals surface area (Å²) in [5.41, 5.74) is 2.68. The van der Waals surface area contributed by atoms with Crippen LogP contribution in [0.4, 0.5) is 0 Å². The molecular weight excluding hydrogens is 292 g/mol. The van der Waals surface area contributed by atoms with E-state index >= 15 is 0 Å². The van der Waals surface area contributed by atoms with Crippen LogP contribution in [0.2, 0.25) is 0 Å². The maximum atomic E-state index is 4.97. The highest BCUT2D eigenvalue weighted by Crippen LogP contribution is 2.18. The molecule has 0 aromatic heterocycles. The third kappa shape index (κ3) is 5.96. The molecule has 0 bridgehead atoms. The lowest BCUT2D eigenvalue weighted by atomic mass is 10.1. The minimum Gasteiger partial charge on any atom is -0.383 e. The summed E-state index contributed by atoms with van der Waals surface area (Å²) in [7, 11) is 1.73. The van der Waals surface area contributed by atoms with Crippen molar-refractivity contribution in [2.45, 2.75) is 19.9 Å². The second kappa shape index (κ2) is 9.50. The Kier molecular flexibility index (Phi) is 8.25. The Balaban J connectivity index is 2.09. The van der Waals surface area contributed by atoms with Gasteiger partial charge < -0.3 is 15.4 Å². The molecule has 3 nitrogen and oxygen atoms in total. The Morgan fingerprint density at radius 3 is 2.72 bits per heavy atom. The van der Waals surface area contributed by atoms with E-state index in [-0.39, 0.29) is 0 Å². The van der Waals surface area contributed by atoms with Crippen molar-refractivity contribution in [1.82, 2.24) is 10.6 Å². The van der Waals surface area contributed by atoms with E-state index in [1.165, 1.54) is 15.6 Å². The molecule has 1 aromatic rings. The number of hydrogen-bond donors (Lipinski definition) is 2. The Bertz CT molecular complexity index is 345. The van der Waals surface area contributed by atoms with Crippen LogP contribution in [0.15, 0.2) is 22.7 Å². The summed E-state index contributed by atoms with van der Waals surface area (Å²) >= 11 is 3.55. The SMILES string of the molecule is COCCNCCCNCc1cccc(Br)c1C. The molecule has 0 atom stereocenters. The summed E-state index contributed by atoms with van der Waals surface area (Å²) in [6.07, 6.45) is 1.14. The number of ether oxygens (including phenoxy) is 1. The van der Waals surface area contributed by atoms with Gasteiger partial charge in [-0.15, -0.1) is 0 Å². The molecule has 4 heteroatoms. The summed E-state index contributed by atoms with van der Waals surface area (Å²) in [4.78, 5) is 0. The first-order chi connectivity index (χ1) is 8.75. The molecule has 18 heavy (non-hydrogen) atoms. The Hall–Kier alpha value is -0.420. The third-order valence-corrected chi connectivity index (χ3v) is 3.74. The summed E-state index contributed by atoms with van der Waals surface area (Å²) < 4.78 is 6.15. The highest BCUT2D eigenvalue weighted by atomic mass is 79.9. The van der Waals surface area contributed by atoms with E-state index in [1.807, 2.05) is 0 Å². The van der Waals surface area contributed by atoms with Gasteiger partial charge in [-0.3, -0.25) is 0 Å². The van der Waals surface area contributed by atoms with Crippen LogP contribution in [0.1, 0.15) is 17.5 Å². The van der Waals surface area contributed by atoms with E-state index in [0.717, 1.165) is 39.2 Å². The maximum Gasteiger partial charge on any atom is 0.0587 e. The van der Waals surface area contributed by atoms with E-state index in [2.05, 4.69) is 51.7 Å². The van der Waals surface area contributed by atoms with Gasteiger partial charge >= 0.3 is 0 Å². The van der Waals surface area contributed by atoms with E-state index in [1.54, 1.807) is 7.11 Å². The molecule has 0 aliphatic rings. The highest BCUT2D eigenvalue weighted by Gasteiger charge is 2.00. The predicted molar refractivity (Wildman–Crippen MR) is 79.9 cm³/mol. The van der Waals surface area contributed by atoms with Crippen molar-refractivity contribution in [1.29, 1.82) is 0 Å². The maximum absolute atomic E-state index is 4.97. The standard InChI is InChI=1S/C14H23BrN2O/c1-12-13(5-3-6-14(12)15)11-17-8-4-7-16-9-10-18-2/h3,5-6,16-17H,4,7-11H2,1-2H3. The van der Waals surface area contributed by atoms with Crippen LogP contribution in [0.5, 0.6) is 0 Å². The fourth-order valence-electron chi connectivity index (χ4n) is 1.70. The second-order valence-electron chi connectivity index (χ2n) is 4.30. The number of halogens is 1. The zero-order chi connectivity index (χ0) is 13.2. The minimum atomic E-state index is 0.782. The lowest BCUT2D eigenvalue weighted by molar-refractivity contribution is 0.199. The van der Waals surface area contributed by atoms with E-state index in [4.69, 9.17) is 4.74 Å². The van der Waals surface area contributed by atoms with Gasteiger partial charge in [-0.1, -0.05) is 28.1 Å². The van der Waals surface area contributed by atoms with Crippen LogP contribution in [0.3, 0.4) is 0 Å². The normalized spacial score (nSPS) is 10.8. The Labute approximate surface area is 118 Å². The Morgan fingerprint density at radius 1 is 1.17 bits per heavy atom. The average molecular weight is 315 g/mol. The quantitative estimate of drug-likeness (QED) is 0.687. The van der Waals surface area contributed by atoms with Crippen molar-refractivity contribution in [2.75, 3.05) is 33.4 Å². The molecule has 0 fully saturated rings. The van der Waals surface area contributed by atoms with Crippen LogP contribution in [0.25, 0.3) is 0 Å². The van der Waals surface area contributed by atoms with Crippen molar-refractivity contribution in [3.05, 3.63) is 33.8 Å². The fraction of sp³-hybridized carbons (Fsp3) is 0.571. The molecule has 1 rings (SSSR count). The molecule has 0 aliphatic carbocycles. The van der Waals surface area contributed by atoms with Crippen molar-refractivity contribution in [3.8, 4) is 0 Å². The summed E-state index contributed by atoms with van der Waals surface area (Å²) in [5, 5.41) is 6.80. The molecule has 102 valence electrons. The van der Waals surface area contributed by atoms with Crippen LogP contribution < -0.4 is 10.6 Å². The largest absolute Gasteiger partial charge is 0.383 e. The molecule has 2 N–H and O–H groups in total. The summed E-state index contributed by atoms with van der Waals surface area (Å²) in [5.74, 6) is 0. The summed E-state index contributed by atoms with van der Waals surface area (Å²) in [6.45, 7) is 6.86. The second-order valence-corrected chi connectivity index (χ2v) is 5.15. The molecule has 0 heterocycles. The lowest BCUT2D eigenvalue weighted by Gasteiger charge is -2.09. The van der Waals surface area contributed by atoms with Crippen LogP contribution in [-0.2, 0) is 11.3 Å². The molecule has 1 aromatic carbocycles. The van der Waals surface area contributed by atoms with Gasteiger partial charge in [0.1, 0.15) is 0 Å². The number of methoxy groups -OCH3 is 1. The number of nitrogens with one attached hydrogen (secondary N) is 2. The van der Waals surface area contributed by atoms with Crippen LogP contribution in [-0.4, -0.2) is 33.4 Å². The smallest absolute Gasteiger partial charge is 0.0587 e. The molecule has 0 saturated carbocycles. The summed E-state index contributed by atoms with van der Waals surface area (Å²) in [6, 6.07) is 6.34. The third-order valence-electron chi connectivity index (χ3n) is 2.89. The lowest BCUT2D eigenvalue weighted by Crippen LogP contribution is -2.24. The van der Waals surface area contributed by atoms with Crippen molar-refractivity contribution >= 4 is 15.9 Å².